The second-order valence-corrected chi connectivity index (χ2v) is 6.17. The van der Waals surface area contributed by atoms with Crippen molar-refractivity contribution in [1.29, 1.82) is 0 Å². The minimum Gasteiger partial charge on any atom is -0.468 e. The molecule has 0 amide bonds. The maximum atomic E-state index is 11.2. The third kappa shape index (κ3) is 6.98. The quantitative estimate of drug-likeness (QED) is 0.280. The van der Waals surface area contributed by atoms with Crippen LogP contribution in [0.1, 0.15) is 10.6 Å². The minimum absolute atomic E-state index is 0. The number of carbonyl (C=O) groups excluding carboxylic acids is 1. The molecule has 0 radical (unpaired) electrons. The summed E-state index contributed by atoms with van der Waals surface area (Å²) in [4.78, 5) is 18.9. The smallest absolute Gasteiger partial charge is 0.327 e. The van der Waals surface area contributed by atoms with Crippen LogP contribution >= 0.6 is 35.3 Å². The number of nitrogens with one attached hydrogen (secondary N) is 1. The zero-order valence-electron chi connectivity index (χ0n) is 14.5. The van der Waals surface area contributed by atoms with Crippen LogP contribution in [0.4, 0.5) is 0 Å². The van der Waals surface area contributed by atoms with Crippen molar-refractivity contribution in [3.05, 3.63) is 34.3 Å². The Bertz CT molecular complexity index is 673. The van der Waals surface area contributed by atoms with E-state index in [2.05, 4.69) is 47.8 Å². The van der Waals surface area contributed by atoms with E-state index in [1.807, 2.05) is 7.05 Å². The van der Waals surface area contributed by atoms with E-state index in [1.165, 1.54) is 16.7 Å². The van der Waals surface area contributed by atoms with Crippen molar-refractivity contribution in [2.45, 2.75) is 19.5 Å². The van der Waals surface area contributed by atoms with Crippen LogP contribution in [0.25, 0.3) is 0 Å². The summed E-state index contributed by atoms with van der Waals surface area (Å²) in [5, 5.41) is 13.3. The fraction of sp³-hybridized carbons (Fsp3) is 0.467. The Morgan fingerprint density at radius 1 is 1.52 bits per heavy atom. The van der Waals surface area contributed by atoms with Gasteiger partial charge in [-0.3, -0.25) is 9.79 Å². The molecule has 0 aliphatic carbocycles. The third-order valence-corrected chi connectivity index (χ3v) is 4.32. The van der Waals surface area contributed by atoms with Gasteiger partial charge in [0.15, 0.2) is 5.96 Å². The number of aliphatic imine (C=N–C) groups is 1. The number of methoxy groups -OCH3 is 1. The first-order valence-electron chi connectivity index (χ1n) is 7.52. The first-order valence-corrected chi connectivity index (χ1v) is 8.40. The van der Waals surface area contributed by atoms with Crippen molar-refractivity contribution in [2.24, 2.45) is 4.99 Å². The van der Waals surface area contributed by atoms with E-state index in [0.717, 1.165) is 24.6 Å². The summed E-state index contributed by atoms with van der Waals surface area (Å²) in [7, 11) is 5.09. The van der Waals surface area contributed by atoms with Crippen molar-refractivity contribution in [3.63, 3.8) is 0 Å². The molecule has 138 valence electrons. The number of esters is 1. The lowest BCUT2D eigenvalue weighted by molar-refractivity contribution is -0.141. The average molecular weight is 478 g/mol. The van der Waals surface area contributed by atoms with E-state index in [9.17, 15) is 4.79 Å². The Hall–Kier alpha value is -1.69. The van der Waals surface area contributed by atoms with Gasteiger partial charge >= 0.3 is 5.97 Å². The second kappa shape index (κ2) is 11.0. The van der Waals surface area contributed by atoms with Crippen molar-refractivity contribution in [3.8, 4) is 0 Å². The van der Waals surface area contributed by atoms with E-state index >= 15 is 0 Å². The molecule has 2 rings (SSSR count). The van der Waals surface area contributed by atoms with Crippen molar-refractivity contribution < 1.29 is 9.53 Å². The normalized spacial score (nSPS) is 10.9. The van der Waals surface area contributed by atoms with Crippen LogP contribution in [0.5, 0.6) is 0 Å². The highest BCUT2D eigenvalue weighted by molar-refractivity contribution is 14.0. The number of likely N-dealkylation sites (N-methyl/N-ethyl adjacent to an activating group) is 1. The van der Waals surface area contributed by atoms with Crippen molar-refractivity contribution in [2.75, 3.05) is 27.7 Å². The van der Waals surface area contributed by atoms with Gasteiger partial charge in [0.05, 0.1) is 19.9 Å². The average Bonchev–Trinajstić information content (AvgIpc) is 3.25. The Labute approximate surface area is 168 Å². The highest BCUT2D eigenvalue weighted by Gasteiger charge is 2.09. The molecular formula is C15H23IN6O2S. The highest BCUT2D eigenvalue weighted by Crippen LogP contribution is 2.09. The van der Waals surface area contributed by atoms with E-state index in [4.69, 9.17) is 0 Å². The lowest BCUT2D eigenvalue weighted by atomic mass is 10.3. The van der Waals surface area contributed by atoms with Crippen molar-refractivity contribution in [1.82, 2.24) is 25.2 Å². The molecule has 0 fully saturated rings. The molecule has 0 atom stereocenters. The predicted molar refractivity (Wildman–Crippen MR) is 108 cm³/mol. The molecule has 1 N–H and O–H groups in total. The van der Waals surface area contributed by atoms with Crippen LogP contribution in [0, 0.1) is 0 Å². The second-order valence-electron chi connectivity index (χ2n) is 5.14. The zero-order chi connectivity index (χ0) is 17.4. The van der Waals surface area contributed by atoms with E-state index in [-0.39, 0.29) is 36.5 Å². The number of hydrogen-bond acceptors (Lipinski definition) is 6. The number of thiophene rings is 1. The largest absolute Gasteiger partial charge is 0.468 e. The maximum Gasteiger partial charge on any atom is 0.327 e. The molecule has 8 nitrogen and oxygen atoms in total. The van der Waals surface area contributed by atoms with Gasteiger partial charge in [-0.1, -0.05) is 11.3 Å². The monoisotopic (exact) mass is 478 g/mol. The van der Waals surface area contributed by atoms with Gasteiger partial charge in [0, 0.05) is 25.5 Å². The molecule has 0 spiro atoms. The first-order chi connectivity index (χ1) is 11.6. The number of halogens is 1. The van der Waals surface area contributed by atoms with Crippen LogP contribution in [-0.4, -0.2) is 59.6 Å². The first kappa shape index (κ1) is 21.4. The van der Waals surface area contributed by atoms with Gasteiger partial charge in [0.25, 0.3) is 0 Å². The van der Waals surface area contributed by atoms with Crippen molar-refractivity contribution >= 4 is 47.2 Å². The number of guanidine groups is 1. The Morgan fingerprint density at radius 3 is 2.96 bits per heavy atom. The third-order valence-electron chi connectivity index (χ3n) is 3.38. The molecule has 0 bridgehead atoms. The molecule has 0 aromatic carbocycles. The van der Waals surface area contributed by atoms with E-state index in [1.54, 1.807) is 24.6 Å². The number of rotatable bonds is 7. The predicted octanol–water partition coefficient (Wildman–Crippen LogP) is 1.38. The lowest BCUT2D eigenvalue weighted by Crippen LogP contribution is -2.39. The maximum absolute atomic E-state index is 11.2. The molecule has 0 aliphatic rings. The number of hydrogen-bond donors (Lipinski definition) is 1. The molecule has 2 heterocycles. The van der Waals surface area contributed by atoms with Gasteiger partial charge in [-0.05, 0) is 17.9 Å². The Kier molecular flexibility index (Phi) is 9.42. The standard InChI is InChI=1S/C15H22N6O2S.HI/c1-16-15(20(2)7-6-13-5-4-8-24-13)17-9-12-10-21(19-18-12)11-14(22)23-3;/h4-5,8,10H,6-7,9,11H2,1-3H3,(H,16,17);1H. The lowest BCUT2D eigenvalue weighted by Gasteiger charge is -2.21. The Morgan fingerprint density at radius 2 is 2.32 bits per heavy atom. The van der Waals surface area contributed by atoms with Gasteiger partial charge in [-0.25, -0.2) is 4.68 Å². The summed E-state index contributed by atoms with van der Waals surface area (Å²) in [6.45, 7) is 1.41. The topological polar surface area (TPSA) is 84.6 Å². The van der Waals surface area contributed by atoms with Crippen LogP contribution in [0.2, 0.25) is 0 Å². The van der Waals surface area contributed by atoms with Gasteiger partial charge in [0.1, 0.15) is 12.2 Å². The number of ether oxygens (including phenoxy) is 1. The fourth-order valence-electron chi connectivity index (χ4n) is 2.09. The fourth-order valence-corrected chi connectivity index (χ4v) is 2.78. The minimum atomic E-state index is -0.358. The SMILES string of the molecule is CN=C(NCc1cn(CC(=O)OC)nn1)N(C)CCc1cccs1.I. The molecule has 2 aromatic heterocycles. The summed E-state index contributed by atoms with van der Waals surface area (Å²) in [5.41, 5.74) is 0.728. The molecule has 0 saturated carbocycles. The number of carbonyl (C=O) groups is 1. The van der Waals surface area contributed by atoms with Crippen LogP contribution in [-0.2, 0) is 29.0 Å². The van der Waals surface area contributed by atoms with Gasteiger partial charge in [-0.15, -0.1) is 40.4 Å². The van der Waals surface area contributed by atoms with Gasteiger partial charge in [0.2, 0.25) is 0 Å². The van der Waals surface area contributed by atoms with Gasteiger partial charge < -0.3 is 15.0 Å². The molecule has 25 heavy (non-hydrogen) atoms. The number of nitrogens with zero attached hydrogens (tertiary/aromatic N) is 5. The molecular weight excluding hydrogens is 455 g/mol. The van der Waals surface area contributed by atoms with Crippen LogP contribution < -0.4 is 5.32 Å². The van der Waals surface area contributed by atoms with Crippen LogP contribution in [0.15, 0.2) is 28.7 Å². The molecule has 2 aromatic rings. The molecule has 10 heteroatoms. The van der Waals surface area contributed by atoms with Gasteiger partial charge in [-0.2, -0.15) is 0 Å². The summed E-state index contributed by atoms with van der Waals surface area (Å²) in [5.74, 6) is 0.428. The van der Waals surface area contributed by atoms with E-state index in [0.29, 0.717) is 6.54 Å². The number of aromatic nitrogens is 3. The summed E-state index contributed by atoms with van der Waals surface area (Å²) in [6, 6.07) is 4.19. The summed E-state index contributed by atoms with van der Waals surface area (Å²) in [6.07, 6.45) is 2.69. The molecule has 0 saturated heterocycles. The summed E-state index contributed by atoms with van der Waals surface area (Å²) < 4.78 is 6.05. The molecule has 0 unspecified atom stereocenters. The zero-order valence-corrected chi connectivity index (χ0v) is 17.7. The highest BCUT2D eigenvalue weighted by atomic mass is 127. The summed E-state index contributed by atoms with van der Waals surface area (Å²) >= 11 is 1.76. The van der Waals surface area contributed by atoms with Crippen LogP contribution in [0.3, 0.4) is 0 Å². The molecule has 0 aliphatic heterocycles. The Balaban J connectivity index is 0.00000312. The van der Waals surface area contributed by atoms with E-state index < -0.39 is 0 Å².